The van der Waals surface area contributed by atoms with Gasteiger partial charge in [0.25, 0.3) is 0 Å². The Hall–Kier alpha value is -1.33. The molecule has 1 aromatic rings. The molecule has 1 atom stereocenters. The van der Waals surface area contributed by atoms with Crippen molar-refractivity contribution in [1.82, 2.24) is 10.3 Å². The molecule has 1 unspecified atom stereocenters. The molecular formula is C14H25N3O2. The maximum atomic E-state index is 11.4. The molecule has 0 saturated carbocycles. The summed E-state index contributed by atoms with van der Waals surface area (Å²) in [5.74, 6) is 6.43. The number of hydrazine groups is 1. The van der Waals surface area contributed by atoms with E-state index >= 15 is 0 Å². The summed E-state index contributed by atoms with van der Waals surface area (Å²) in [5.41, 5.74) is 3.13. The number of furan rings is 1. The Balaban J connectivity index is 2.74. The lowest BCUT2D eigenvalue weighted by Gasteiger charge is -2.23. The third kappa shape index (κ3) is 4.36. The van der Waals surface area contributed by atoms with Gasteiger partial charge in [-0.25, -0.2) is 5.84 Å². The highest BCUT2D eigenvalue weighted by molar-refractivity contribution is 5.91. The van der Waals surface area contributed by atoms with E-state index in [-0.39, 0.29) is 11.7 Å². The Bertz CT molecular complexity index is 415. The fourth-order valence-corrected chi connectivity index (χ4v) is 1.98. The van der Waals surface area contributed by atoms with E-state index in [9.17, 15) is 4.79 Å². The van der Waals surface area contributed by atoms with Gasteiger partial charge in [0.05, 0.1) is 0 Å². The zero-order valence-corrected chi connectivity index (χ0v) is 12.3. The molecule has 0 fully saturated rings. The smallest absolute Gasteiger partial charge is 0.300 e. The summed E-state index contributed by atoms with van der Waals surface area (Å²) >= 11 is 0. The van der Waals surface area contributed by atoms with Crippen molar-refractivity contribution in [3.05, 3.63) is 23.2 Å². The highest BCUT2D eigenvalue weighted by atomic mass is 16.4. The van der Waals surface area contributed by atoms with Crippen molar-refractivity contribution in [2.75, 3.05) is 13.1 Å². The van der Waals surface area contributed by atoms with E-state index < -0.39 is 0 Å². The van der Waals surface area contributed by atoms with Crippen LogP contribution in [0.2, 0.25) is 0 Å². The van der Waals surface area contributed by atoms with Gasteiger partial charge in [0.1, 0.15) is 5.76 Å². The fraction of sp³-hybridized carbons (Fsp3) is 0.643. The second-order valence-electron chi connectivity index (χ2n) is 5.01. The maximum absolute atomic E-state index is 11.4. The molecule has 1 aromatic heterocycles. The number of aryl methyl sites for hydroxylation is 1. The van der Waals surface area contributed by atoms with Gasteiger partial charge in [-0.15, -0.1) is 0 Å². The molecule has 1 heterocycles. The molecule has 5 heteroatoms. The van der Waals surface area contributed by atoms with Gasteiger partial charge < -0.3 is 4.42 Å². The highest BCUT2D eigenvalue weighted by Gasteiger charge is 2.16. The van der Waals surface area contributed by atoms with Crippen LogP contribution in [0.4, 0.5) is 0 Å². The van der Waals surface area contributed by atoms with Gasteiger partial charge in [-0.2, -0.15) is 0 Å². The average Bonchev–Trinajstić information content (AvgIpc) is 2.78. The van der Waals surface area contributed by atoms with Gasteiger partial charge in [-0.3, -0.25) is 15.1 Å². The van der Waals surface area contributed by atoms with Crippen molar-refractivity contribution >= 4 is 5.91 Å². The lowest BCUT2D eigenvalue weighted by molar-refractivity contribution is 0.0924. The summed E-state index contributed by atoms with van der Waals surface area (Å²) in [5, 5.41) is 0. The first kappa shape index (κ1) is 15.7. The van der Waals surface area contributed by atoms with Crippen molar-refractivity contribution in [2.45, 2.75) is 40.7 Å². The highest BCUT2D eigenvalue weighted by Crippen LogP contribution is 2.17. The van der Waals surface area contributed by atoms with Crippen LogP contribution in [-0.2, 0) is 6.54 Å². The number of nitrogens with zero attached hydrogens (tertiary/aromatic N) is 1. The second-order valence-corrected chi connectivity index (χ2v) is 5.01. The van der Waals surface area contributed by atoms with Gasteiger partial charge >= 0.3 is 5.91 Å². The summed E-state index contributed by atoms with van der Waals surface area (Å²) < 4.78 is 5.43. The Morgan fingerprint density at radius 3 is 2.74 bits per heavy atom. The van der Waals surface area contributed by atoms with E-state index in [2.05, 4.69) is 31.1 Å². The van der Waals surface area contributed by atoms with Crippen LogP contribution in [-0.4, -0.2) is 23.9 Å². The summed E-state index contributed by atoms with van der Waals surface area (Å²) in [7, 11) is 0. The summed E-state index contributed by atoms with van der Waals surface area (Å²) in [6.45, 7) is 11.3. The monoisotopic (exact) mass is 267 g/mol. The molecule has 0 bridgehead atoms. The molecule has 0 aliphatic rings. The number of nitrogens with one attached hydrogen (secondary N) is 1. The summed E-state index contributed by atoms with van der Waals surface area (Å²) in [6, 6.07) is 1.77. The van der Waals surface area contributed by atoms with Crippen molar-refractivity contribution in [2.24, 2.45) is 11.8 Å². The quantitative estimate of drug-likeness (QED) is 0.450. The van der Waals surface area contributed by atoms with Crippen LogP contribution in [0.25, 0.3) is 0 Å². The molecule has 0 radical (unpaired) electrons. The Morgan fingerprint density at radius 1 is 1.53 bits per heavy atom. The van der Waals surface area contributed by atoms with Gasteiger partial charge in [-0.1, -0.05) is 27.2 Å². The molecule has 1 rings (SSSR count). The molecule has 0 aliphatic carbocycles. The number of hydrogen-bond acceptors (Lipinski definition) is 4. The Kier molecular flexibility index (Phi) is 6.05. The number of nitrogens with two attached hydrogens (primary N) is 1. The molecular weight excluding hydrogens is 242 g/mol. The summed E-state index contributed by atoms with van der Waals surface area (Å²) in [4.78, 5) is 13.8. The zero-order chi connectivity index (χ0) is 14.4. The zero-order valence-electron chi connectivity index (χ0n) is 12.3. The third-order valence-electron chi connectivity index (χ3n) is 3.48. The fourth-order valence-electron chi connectivity index (χ4n) is 1.98. The first-order valence-electron chi connectivity index (χ1n) is 6.84. The minimum Gasteiger partial charge on any atom is -0.456 e. The SMILES string of the molecule is CCC(C)CN(CC)Cc1cc(C(=O)NN)oc1C. The van der Waals surface area contributed by atoms with Crippen molar-refractivity contribution in [3.63, 3.8) is 0 Å². The number of carbonyl (C=O) groups is 1. The topological polar surface area (TPSA) is 71.5 Å². The van der Waals surface area contributed by atoms with Crippen LogP contribution in [0.3, 0.4) is 0 Å². The van der Waals surface area contributed by atoms with Gasteiger partial charge in [0, 0.05) is 18.7 Å². The first-order valence-corrected chi connectivity index (χ1v) is 6.84. The Labute approximate surface area is 115 Å². The van der Waals surface area contributed by atoms with Crippen molar-refractivity contribution < 1.29 is 9.21 Å². The molecule has 3 N–H and O–H groups in total. The van der Waals surface area contributed by atoms with Gasteiger partial charge in [0.2, 0.25) is 0 Å². The molecule has 0 saturated heterocycles. The van der Waals surface area contributed by atoms with E-state index in [0.717, 1.165) is 31.0 Å². The van der Waals surface area contributed by atoms with Gasteiger partial charge in [-0.05, 0) is 25.5 Å². The third-order valence-corrected chi connectivity index (χ3v) is 3.48. The van der Waals surface area contributed by atoms with Crippen LogP contribution >= 0.6 is 0 Å². The predicted octanol–water partition coefficient (Wildman–Crippen LogP) is 2.06. The second kappa shape index (κ2) is 7.31. The van der Waals surface area contributed by atoms with E-state index in [0.29, 0.717) is 5.92 Å². The molecule has 19 heavy (non-hydrogen) atoms. The van der Waals surface area contributed by atoms with Crippen LogP contribution in [0.5, 0.6) is 0 Å². The number of nitrogen functional groups attached to an aromatic ring is 1. The minimum absolute atomic E-state index is 0.273. The van der Waals surface area contributed by atoms with E-state index in [4.69, 9.17) is 10.3 Å². The first-order chi connectivity index (χ1) is 9.01. The van der Waals surface area contributed by atoms with Crippen LogP contribution < -0.4 is 11.3 Å². The molecule has 108 valence electrons. The predicted molar refractivity (Wildman–Crippen MR) is 75.5 cm³/mol. The number of carbonyl (C=O) groups excluding carboxylic acids is 1. The molecule has 0 aromatic carbocycles. The minimum atomic E-state index is -0.390. The molecule has 1 amide bonds. The standard InChI is InChI=1S/C14H25N3O2/c1-5-10(3)8-17(6-2)9-12-7-13(14(18)16-15)19-11(12)4/h7,10H,5-6,8-9,15H2,1-4H3,(H,16,18). The largest absolute Gasteiger partial charge is 0.456 e. The van der Waals surface area contributed by atoms with E-state index in [1.54, 1.807) is 6.07 Å². The van der Waals surface area contributed by atoms with E-state index in [1.165, 1.54) is 6.42 Å². The van der Waals surface area contributed by atoms with Crippen molar-refractivity contribution in [3.8, 4) is 0 Å². The molecule has 0 spiro atoms. The normalized spacial score (nSPS) is 12.7. The lowest BCUT2D eigenvalue weighted by atomic mass is 10.1. The van der Waals surface area contributed by atoms with E-state index in [1.807, 2.05) is 6.92 Å². The van der Waals surface area contributed by atoms with Crippen molar-refractivity contribution in [1.29, 1.82) is 0 Å². The number of hydrogen-bond donors (Lipinski definition) is 2. The van der Waals surface area contributed by atoms with Gasteiger partial charge in [0.15, 0.2) is 5.76 Å². The van der Waals surface area contributed by atoms with Crippen LogP contribution in [0.15, 0.2) is 10.5 Å². The molecule has 0 aliphatic heterocycles. The average molecular weight is 267 g/mol. The van der Waals surface area contributed by atoms with Crippen LogP contribution in [0.1, 0.15) is 49.1 Å². The number of amides is 1. The molecule has 5 nitrogen and oxygen atoms in total. The summed E-state index contributed by atoms with van der Waals surface area (Å²) in [6.07, 6.45) is 1.17. The number of rotatable bonds is 7. The lowest BCUT2D eigenvalue weighted by Crippen LogP contribution is -2.29. The maximum Gasteiger partial charge on any atom is 0.300 e. The van der Waals surface area contributed by atoms with Crippen LogP contribution in [0, 0.1) is 12.8 Å². The Morgan fingerprint density at radius 2 is 2.21 bits per heavy atom.